The van der Waals surface area contributed by atoms with Gasteiger partial charge in [0.25, 0.3) is 5.91 Å². The van der Waals surface area contributed by atoms with E-state index in [4.69, 9.17) is 4.74 Å². The van der Waals surface area contributed by atoms with Crippen molar-refractivity contribution in [3.63, 3.8) is 0 Å². The molecule has 2 aliphatic heterocycles. The van der Waals surface area contributed by atoms with Crippen LogP contribution in [0.1, 0.15) is 10.5 Å². The lowest BCUT2D eigenvalue weighted by atomic mass is 10.1. The van der Waals surface area contributed by atoms with Crippen LogP contribution >= 0.6 is 0 Å². The maximum Gasteiger partial charge on any atom is 0.277 e. The number of imidazole rings is 1. The van der Waals surface area contributed by atoms with Crippen molar-refractivity contribution >= 4 is 22.6 Å². The molecule has 2 aromatic heterocycles. The second kappa shape index (κ2) is 9.24. The normalized spacial score (nSPS) is 19.7. The molecule has 1 aromatic carbocycles. The first-order valence-electron chi connectivity index (χ1n) is 10.4. The number of carbonyl (C=O) groups excluding carboxylic acids is 1. The maximum atomic E-state index is 13.0. The summed E-state index contributed by atoms with van der Waals surface area (Å²) < 4.78 is 30.0. The van der Waals surface area contributed by atoms with Crippen LogP contribution in [0.5, 0.6) is 0 Å². The van der Waals surface area contributed by atoms with Crippen molar-refractivity contribution in [3.05, 3.63) is 72.3 Å². The molecular weight excluding hydrogens is 444 g/mol. The Hall–Kier alpha value is -3.38. The Kier molecular flexibility index (Phi) is 6.01. The van der Waals surface area contributed by atoms with E-state index in [0.29, 0.717) is 35.9 Å². The van der Waals surface area contributed by atoms with Crippen molar-refractivity contribution in [3.8, 4) is 11.3 Å². The van der Waals surface area contributed by atoms with Crippen molar-refractivity contribution < 1.29 is 18.3 Å². The minimum absolute atomic E-state index is 0.0365. The number of allylic oxidation sites excluding steroid dienone is 2. The summed E-state index contributed by atoms with van der Waals surface area (Å²) in [6, 6.07) is 9.93. The quantitative estimate of drug-likeness (QED) is 0.536. The molecule has 0 radical (unpaired) electrons. The molecule has 5 rings (SSSR count). The van der Waals surface area contributed by atoms with Crippen molar-refractivity contribution in [2.24, 2.45) is 0 Å². The van der Waals surface area contributed by atoms with E-state index >= 15 is 0 Å². The molecule has 10 nitrogen and oxygen atoms in total. The number of benzene rings is 1. The number of hydrogen-bond acceptors (Lipinski definition) is 8. The van der Waals surface area contributed by atoms with E-state index in [2.05, 4.69) is 25.6 Å². The van der Waals surface area contributed by atoms with E-state index in [0.717, 1.165) is 13.1 Å². The SMILES string of the molecule is O=C(NC1=CC=CC(N2CCOCC2)N1)c1cnc2ccc(-c3ccccc3S(=O)[O-])nn12. The molecule has 2 N–H and O–H groups in total. The first kappa shape index (κ1) is 21.5. The highest BCUT2D eigenvalue weighted by atomic mass is 32.2. The second-order valence-corrected chi connectivity index (χ2v) is 8.43. The van der Waals surface area contributed by atoms with Crippen LogP contribution in [0.15, 0.2) is 71.5 Å². The molecule has 33 heavy (non-hydrogen) atoms. The van der Waals surface area contributed by atoms with Gasteiger partial charge in [-0.2, -0.15) is 5.10 Å². The highest BCUT2D eigenvalue weighted by molar-refractivity contribution is 7.79. The number of nitrogens with zero attached hydrogens (tertiary/aromatic N) is 4. The second-order valence-electron chi connectivity index (χ2n) is 7.52. The average Bonchev–Trinajstić information content (AvgIpc) is 3.28. The smallest absolute Gasteiger partial charge is 0.277 e. The number of rotatable bonds is 5. The highest BCUT2D eigenvalue weighted by Crippen LogP contribution is 2.24. The van der Waals surface area contributed by atoms with Crippen LogP contribution in [0.2, 0.25) is 0 Å². The Morgan fingerprint density at radius 2 is 2.03 bits per heavy atom. The van der Waals surface area contributed by atoms with Crippen molar-refractivity contribution in [2.45, 2.75) is 11.1 Å². The number of amides is 1. The van der Waals surface area contributed by atoms with Gasteiger partial charge in [0, 0.05) is 23.5 Å². The van der Waals surface area contributed by atoms with E-state index in [-0.39, 0.29) is 22.7 Å². The molecule has 0 bridgehead atoms. The summed E-state index contributed by atoms with van der Waals surface area (Å²) in [4.78, 5) is 19.7. The first-order valence-corrected chi connectivity index (χ1v) is 11.5. The van der Waals surface area contributed by atoms with Gasteiger partial charge in [0.1, 0.15) is 12.0 Å². The molecule has 2 unspecified atom stereocenters. The van der Waals surface area contributed by atoms with Gasteiger partial charge in [0.15, 0.2) is 11.3 Å². The fourth-order valence-electron chi connectivity index (χ4n) is 3.84. The number of ether oxygens (including phenoxy) is 1. The van der Waals surface area contributed by atoms with Crippen molar-refractivity contribution in [1.29, 1.82) is 0 Å². The fraction of sp³-hybridized carbons (Fsp3) is 0.227. The van der Waals surface area contributed by atoms with Gasteiger partial charge in [0.2, 0.25) is 0 Å². The zero-order valence-electron chi connectivity index (χ0n) is 17.5. The number of fused-ring (bicyclic) bond motifs is 1. The van der Waals surface area contributed by atoms with Crippen LogP contribution in [0, 0.1) is 0 Å². The Bertz CT molecular complexity index is 1280. The molecule has 0 saturated carbocycles. The minimum atomic E-state index is -2.42. The van der Waals surface area contributed by atoms with Gasteiger partial charge < -0.3 is 19.9 Å². The molecule has 3 aromatic rings. The molecule has 170 valence electrons. The zero-order chi connectivity index (χ0) is 22.8. The van der Waals surface area contributed by atoms with Gasteiger partial charge in [-0.05, 0) is 41.4 Å². The van der Waals surface area contributed by atoms with E-state index in [1.807, 2.05) is 12.2 Å². The zero-order valence-corrected chi connectivity index (χ0v) is 18.3. The summed E-state index contributed by atoms with van der Waals surface area (Å²) in [6.45, 7) is 2.96. The maximum absolute atomic E-state index is 13.0. The molecule has 1 amide bonds. The summed E-state index contributed by atoms with van der Waals surface area (Å²) in [5, 5.41) is 10.7. The number of carbonyl (C=O) groups is 1. The number of hydrogen-bond donors (Lipinski definition) is 2. The van der Waals surface area contributed by atoms with Crippen LogP contribution in [0.25, 0.3) is 16.9 Å². The molecular formula is C22H21N6O4S-. The van der Waals surface area contributed by atoms with Gasteiger partial charge in [-0.1, -0.05) is 24.3 Å². The Balaban J connectivity index is 1.38. The standard InChI is InChI=1S/C22H22N6O4S/c29-22(25-19-6-3-7-21(24-19)27-10-12-32-13-11-27)17-14-23-20-9-8-16(26-28(17)20)15-4-1-2-5-18(15)33(30)31/h1-9,14,21,24H,10-13H2,(H,25,29)(H,30,31)/p-1. The molecule has 2 atom stereocenters. The predicted octanol–water partition coefficient (Wildman–Crippen LogP) is 1.02. The predicted molar refractivity (Wildman–Crippen MR) is 120 cm³/mol. The van der Waals surface area contributed by atoms with E-state index in [1.54, 1.807) is 36.4 Å². The number of morpholine rings is 1. The van der Waals surface area contributed by atoms with Crippen molar-refractivity contribution in [2.75, 3.05) is 26.3 Å². The third kappa shape index (κ3) is 4.44. The van der Waals surface area contributed by atoms with Crippen LogP contribution in [0.3, 0.4) is 0 Å². The number of dihydropyridines is 1. The molecule has 0 spiro atoms. The summed E-state index contributed by atoms with van der Waals surface area (Å²) >= 11 is -2.42. The number of nitrogens with one attached hydrogen (secondary N) is 2. The topological polar surface area (TPSA) is 124 Å². The summed E-state index contributed by atoms with van der Waals surface area (Å²) in [5.74, 6) is 0.180. The number of aromatic nitrogens is 3. The summed E-state index contributed by atoms with van der Waals surface area (Å²) in [7, 11) is 0. The van der Waals surface area contributed by atoms with Gasteiger partial charge >= 0.3 is 0 Å². The monoisotopic (exact) mass is 465 g/mol. The largest absolute Gasteiger partial charge is 0.768 e. The molecule has 11 heteroatoms. The van der Waals surface area contributed by atoms with Crippen LogP contribution in [-0.4, -0.2) is 66.6 Å². The van der Waals surface area contributed by atoms with Gasteiger partial charge in [0.05, 0.1) is 25.1 Å². The van der Waals surface area contributed by atoms with Gasteiger partial charge in [-0.3, -0.25) is 13.9 Å². The highest BCUT2D eigenvalue weighted by Gasteiger charge is 2.22. The Morgan fingerprint density at radius 1 is 1.21 bits per heavy atom. The molecule has 4 heterocycles. The van der Waals surface area contributed by atoms with Crippen molar-refractivity contribution in [1.82, 2.24) is 30.1 Å². The summed E-state index contributed by atoms with van der Waals surface area (Å²) in [6.07, 6.45) is 7.12. The van der Waals surface area contributed by atoms with Crippen LogP contribution < -0.4 is 10.6 Å². The molecule has 1 saturated heterocycles. The molecule has 2 aliphatic rings. The van der Waals surface area contributed by atoms with Gasteiger partial charge in [-0.25, -0.2) is 9.50 Å². The fourth-order valence-corrected chi connectivity index (χ4v) is 4.38. The molecule has 0 aliphatic carbocycles. The van der Waals surface area contributed by atoms with Crippen LogP contribution in [0.4, 0.5) is 0 Å². The lowest BCUT2D eigenvalue weighted by Crippen LogP contribution is -2.52. The first-order chi connectivity index (χ1) is 16.1. The van der Waals surface area contributed by atoms with Gasteiger partial charge in [-0.15, -0.1) is 0 Å². The lowest BCUT2D eigenvalue weighted by Gasteiger charge is -2.35. The third-order valence-electron chi connectivity index (χ3n) is 5.48. The average molecular weight is 466 g/mol. The summed E-state index contributed by atoms with van der Waals surface area (Å²) in [5.41, 5.74) is 1.57. The Morgan fingerprint density at radius 3 is 2.85 bits per heavy atom. The van der Waals surface area contributed by atoms with Crippen LogP contribution in [-0.2, 0) is 15.8 Å². The van der Waals surface area contributed by atoms with E-state index in [9.17, 15) is 13.6 Å². The Labute approximate surface area is 192 Å². The lowest BCUT2D eigenvalue weighted by molar-refractivity contribution is 0.0206. The van der Waals surface area contributed by atoms with E-state index < -0.39 is 11.1 Å². The third-order valence-corrected chi connectivity index (χ3v) is 6.20. The van der Waals surface area contributed by atoms with E-state index in [1.165, 1.54) is 16.8 Å². The molecule has 1 fully saturated rings. The minimum Gasteiger partial charge on any atom is -0.768 e.